The van der Waals surface area contributed by atoms with Crippen molar-refractivity contribution in [2.45, 2.75) is 38.6 Å². The Hall–Kier alpha value is -1.23. The van der Waals surface area contributed by atoms with E-state index in [1.807, 2.05) is 11.3 Å². The summed E-state index contributed by atoms with van der Waals surface area (Å²) in [7, 11) is 0. The highest BCUT2D eigenvalue weighted by Crippen LogP contribution is 2.34. The molecule has 0 amide bonds. The smallest absolute Gasteiger partial charge is 0.0981 e. The van der Waals surface area contributed by atoms with Gasteiger partial charge in [0.25, 0.3) is 0 Å². The first-order valence-electron chi connectivity index (χ1n) is 8.40. The molecule has 1 fully saturated rings. The van der Waals surface area contributed by atoms with Gasteiger partial charge < -0.3 is 5.73 Å². The Morgan fingerprint density at radius 3 is 2.57 bits per heavy atom. The Labute approximate surface area is 143 Å². The van der Waals surface area contributed by atoms with Crippen LogP contribution in [-0.4, -0.2) is 29.5 Å². The molecule has 0 aliphatic carbocycles. The minimum atomic E-state index is 0.139. The van der Waals surface area contributed by atoms with Crippen LogP contribution in [0.4, 0.5) is 0 Å². The Morgan fingerprint density at radius 1 is 1.22 bits per heavy atom. The van der Waals surface area contributed by atoms with Crippen LogP contribution in [0.2, 0.25) is 0 Å². The number of rotatable bonds is 4. The molecule has 3 rings (SSSR count). The topological polar surface area (TPSA) is 42.2 Å². The number of hydrogen-bond acceptors (Lipinski definition) is 4. The molecule has 124 valence electrons. The van der Waals surface area contributed by atoms with E-state index in [2.05, 4.69) is 67.2 Å². The summed E-state index contributed by atoms with van der Waals surface area (Å²) >= 11 is 1.85. The second-order valence-electron chi connectivity index (χ2n) is 7.59. The Kier molecular flexibility index (Phi) is 4.85. The molecule has 2 N–H and O–H groups in total. The molecule has 1 aliphatic rings. The maximum absolute atomic E-state index is 6.04. The van der Waals surface area contributed by atoms with Crippen molar-refractivity contribution in [1.29, 1.82) is 0 Å². The van der Waals surface area contributed by atoms with E-state index in [1.54, 1.807) is 0 Å². The number of nitrogens with two attached hydrogens (primary N) is 1. The van der Waals surface area contributed by atoms with E-state index in [0.29, 0.717) is 11.8 Å². The molecule has 0 radical (unpaired) electrons. The molecule has 0 saturated carbocycles. The SMILES string of the molecule is CC(C)(C)c1ncc(CN2C[C@@H](CN)[C@H](c3ccccc3)C2)s1. The first kappa shape index (κ1) is 16.6. The second kappa shape index (κ2) is 6.71. The van der Waals surface area contributed by atoms with Gasteiger partial charge in [-0.3, -0.25) is 4.90 Å². The third-order valence-corrected chi connectivity index (χ3v) is 6.03. The molecule has 23 heavy (non-hydrogen) atoms. The van der Waals surface area contributed by atoms with E-state index in [0.717, 1.165) is 26.2 Å². The average Bonchev–Trinajstić information content (AvgIpc) is 3.15. The third-order valence-electron chi connectivity index (χ3n) is 4.62. The Balaban J connectivity index is 1.69. The predicted molar refractivity (Wildman–Crippen MR) is 97.8 cm³/mol. The van der Waals surface area contributed by atoms with Crippen LogP contribution in [0.15, 0.2) is 36.5 Å². The molecular weight excluding hydrogens is 302 g/mol. The van der Waals surface area contributed by atoms with Crippen LogP contribution >= 0.6 is 11.3 Å². The lowest BCUT2D eigenvalue weighted by Gasteiger charge is -2.16. The summed E-state index contributed by atoms with van der Waals surface area (Å²) in [5.41, 5.74) is 7.60. The van der Waals surface area contributed by atoms with E-state index in [-0.39, 0.29) is 5.41 Å². The molecule has 1 saturated heterocycles. The van der Waals surface area contributed by atoms with Crippen molar-refractivity contribution >= 4 is 11.3 Å². The molecule has 3 nitrogen and oxygen atoms in total. The molecule has 1 aromatic heterocycles. The number of nitrogens with zero attached hydrogens (tertiary/aromatic N) is 2. The summed E-state index contributed by atoms with van der Waals surface area (Å²) in [4.78, 5) is 8.51. The predicted octanol–water partition coefficient (Wildman–Crippen LogP) is 3.61. The van der Waals surface area contributed by atoms with E-state index in [1.165, 1.54) is 15.4 Å². The maximum atomic E-state index is 6.04. The number of thiazole rings is 1. The van der Waals surface area contributed by atoms with Gasteiger partial charge >= 0.3 is 0 Å². The zero-order valence-corrected chi connectivity index (χ0v) is 15.1. The summed E-state index contributed by atoms with van der Waals surface area (Å²) in [6.07, 6.45) is 2.05. The summed E-state index contributed by atoms with van der Waals surface area (Å²) in [6, 6.07) is 10.8. The maximum Gasteiger partial charge on any atom is 0.0981 e. The third kappa shape index (κ3) is 3.82. The zero-order valence-electron chi connectivity index (χ0n) is 14.3. The highest BCUT2D eigenvalue weighted by atomic mass is 32.1. The lowest BCUT2D eigenvalue weighted by Crippen LogP contribution is -2.22. The van der Waals surface area contributed by atoms with Crippen molar-refractivity contribution in [3.8, 4) is 0 Å². The summed E-state index contributed by atoms with van der Waals surface area (Å²) in [6.45, 7) is 10.6. The molecule has 0 unspecified atom stereocenters. The number of aromatic nitrogens is 1. The van der Waals surface area contributed by atoms with Crippen molar-refractivity contribution in [2.24, 2.45) is 11.7 Å². The second-order valence-corrected chi connectivity index (χ2v) is 8.70. The number of likely N-dealkylation sites (tertiary alicyclic amines) is 1. The first-order chi connectivity index (χ1) is 11.0. The van der Waals surface area contributed by atoms with Crippen LogP contribution in [-0.2, 0) is 12.0 Å². The Bertz CT molecular complexity index is 630. The average molecular weight is 330 g/mol. The molecule has 2 heterocycles. The molecule has 2 aromatic rings. The van der Waals surface area contributed by atoms with Crippen molar-refractivity contribution < 1.29 is 0 Å². The lowest BCUT2D eigenvalue weighted by molar-refractivity contribution is 0.319. The van der Waals surface area contributed by atoms with Gasteiger partial charge in [0.1, 0.15) is 0 Å². The van der Waals surface area contributed by atoms with Crippen LogP contribution in [0, 0.1) is 5.92 Å². The van der Waals surface area contributed by atoms with Gasteiger partial charge in [-0.2, -0.15) is 0 Å². The standard InChI is InChI=1S/C19H27N3S/c1-19(2,3)18-21-10-16(23-18)12-22-11-15(9-20)17(13-22)14-7-5-4-6-8-14/h4-8,10,15,17H,9,11-13,20H2,1-3H3/t15-,17+/m1/s1. The quantitative estimate of drug-likeness (QED) is 0.931. The fourth-order valence-electron chi connectivity index (χ4n) is 3.35. The summed E-state index contributed by atoms with van der Waals surface area (Å²) in [5.74, 6) is 1.10. The lowest BCUT2D eigenvalue weighted by atomic mass is 9.89. The molecule has 0 spiro atoms. The number of benzene rings is 1. The van der Waals surface area contributed by atoms with Gasteiger partial charge in [-0.15, -0.1) is 11.3 Å². The van der Waals surface area contributed by atoms with Gasteiger partial charge in [-0.1, -0.05) is 51.1 Å². The molecule has 4 heteroatoms. The van der Waals surface area contributed by atoms with Crippen LogP contribution in [0.3, 0.4) is 0 Å². The van der Waals surface area contributed by atoms with Gasteiger partial charge in [0.2, 0.25) is 0 Å². The van der Waals surface area contributed by atoms with Crippen molar-refractivity contribution in [1.82, 2.24) is 9.88 Å². The summed E-state index contributed by atoms with van der Waals surface area (Å²) in [5, 5.41) is 1.22. The van der Waals surface area contributed by atoms with Gasteiger partial charge in [-0.25, -0.2) is 4.98 Å². The molecule has 2 atom stereocenters. The number of hydrogen-bond donors (Lipinski definition) is 1. The molecular formula is C19H27N3S. The van der Waals surface area contributed by atoms with E-state index >= 15 is 0 Å². The van der Waals surface area contributed by atoms with Gasteiger partial charge in [-0.05, 0) is 18.0 Å². The van der Waals surface area contributed by atoms with Crippen molar-refractivity contribution in [3.05, 3.63) is 52.0 Å². The molecule has 0 bridgehead atoms. The molecule has 1 aromatic carbocycles. The summed E-state index contributed by atoms with van der Waals surface area (Å²) < 4.78 is 0. The fourth-order valence-corrected chi connectivity index (χ4v) is 4.37. The van der Waals surface area contributed by atoms with Gasteiger partial charge in [0.05, 0.1) is 5.01 Å². The first-order valence-corrected chi connectivity index (χ1v) is 9.21. The van der Waals surface area contributed by atoms with Crippen LogP contribution in [0.5, 0.6) is 0 Å². The van der Waals surface area contributed by atoms with E-state index < -0.39 is 0 Å². The highest BCUT2D eigenvalue weighted by Gasteiger charge is 2.33. The normalized spacial score (nSPS) is 22.6. The Morgan fingerprint density at radius 2 is 1.96 bits per heavy atom. The minimum absolute atomic E-state index is 0.139. The van der Waals surface area contributed by atoms with E-state index in [9.17, 15) is 0 Å². The highest BCUT2D eigenvalue weighted by molar-refractivity contribution is 7.11. The fraction of sp³-hybridized carbons (Fsp3) is 0.526. The monoisotopic (exact) mass is 329 g/mol. The van der Waals surface area contributed by atoms with E-state index in [4.69, 9.17) is 5.73 Å². The van der Waals surface area contributed by atoms with Gasteiger partial charge in [0.15, 0.2) is 0 Å². The van der Waals surface area contributed by atoms with Crippen LogP contribution in [0.25, 0.3) is 0 Å². The minimum Gasteiger partial charge on any atom is -0.330 e. The zero-order chi connectivity index (χ0) is 16.4. The molecule has 1 aliphatic heterocycles. The van der Waals surface area contributed by atoms with Crippen molar-refractivity contribution in [2.75, 3.05) is 19.6 Å². The van der Waals surface area contributed by atoms with Crippen molar-refractivity contribution in [3.63, 3.8) is 0 Å². The largest absolute Gasteiger partial charge is 0.330 e. The van der Waals surface area contributed by atoms with Gasteiger partial charge in [0, 0.05) is 42.0 Å². The van der Waals surface area contributed by atoms with Crippen LogP contribution < -0.4 is 5.73 Å². The van der Waals surface area contributed by atoms with Crippen LogP contribution in [0.1, 0.15) is 42.1 Å².